The average molecular weight is 228 g/mol. The van der Waals surface area contributed by atoms with Crippen LogP contribution in [0.1, 0.15) is 24.8 Å². The minimum Gasteiger partial charge on any atom is -0.496 e. The lowest BCUT2D eigenvalue weighted by atomic mass is 9.95. The number of likely N-dealkylation sites (N-methyl/N-ethyl adjacent to an activating group) is 1. The first-order chi connectivity index (χ1) is 7.22. The van der Waals surface area contributed by atoms with Crippen LogP contribution in [-0.4, -0.2) is 20.7 Å². The Balaban J connectivity index is 3.02. The molecule has 1 aromatic carbocycles. The second-order valence-electron chi connectivity index (χ2n) is 3.55. The molecule has 1 N–H and O–H groups in total. The maximum absolute atomic E-state index is 6.00. The van der Waals surface area contributed by atoms with Gasteiger partial charge in [0.05, 0.1) is 7.11 Å². The van der Waals surface area contributed by atoms with E-state index in [1.807, 2.05) is 25.2 Å². The van der Waals surface area contributed by atoms with Gasteiger partial charge in [0.1, 0.15) is 5.75 Å². The van der Waals surface area contributed by atoms with Gasteiger partial charge in [0.15, 0.2) is 0 Å². The zero-order chi connectivity index (χ0) is 11.3. The van der Waals surface area contributed by atoms with Crippen molar-refractivity contribution >= 4 is 11.6 Å². The summed E-state index contributed by atoms with van der Waals surface area (Å²) in [6.45, 7) is 3.11. The summed E-state index contributed by atoms with van der Waals surface area (Å²) in [7, 11) is 3.65. The highest BCUT2D eigenvalue weighted by atomic mass is 35.5. The van der Waals surface area contributed by atoms with Crippen molar-refractivity contribution in [2.24, 2.45) is 0 Å². The summed E-state index contributed by atoms with van der Waals surface area (Å²) in [5.74, 6) is 1.37. The zero-order valence-electron chi connectivity index (χ0n) is 9.51. The third kappa shape index (κ3) is 3.11. The van der Waals surface area contributed by atoms with Crippen LogP contribution in [0.5, 0.6) is 5.75 Å². The predicted octanol–water partition coefficient (Wildman–Crippen LogP) is 3.06. The highest BCUT2D eigenvalue weighted by Crippen LogP contribution is 2.30. The first kappa shape index (κ1) is 12.3. The summed E-state index contributed by atoms with van der Waals surface area (Å²) in [6.07, 6.45) is 1.07. The lowest BCUT2D eigenvalue weighted by Gasteiger charge is -2.18. The van der Waals surface area contributed by atoms with Crippen molar-refractivity contribution < 1.29 is 4.74 Å². The van der Waals surface area contributed by atoms with Crippen LogP contribution < -0.4 is 10.1 Å². The smallest absolute Gasteiger partial charge is 0.122 e. The minimum atomic E-state index is 0.448. The Morgan fingerprint density at radius 1 is 1.47 bits per heavy atom. The van der Waals surface area contributed by atoms with Gasteiger partial charge in [-0.05, 0) is 43.1 Å². The van der Waals surface area contributed by atoms with E-state index in [4.69, 9.17) is 16.3 Å². The Labute approximate surface area is 96.6 Å². The molecule has 1 aromatic rings. The molecule has 0 aliphatic rings. The summed E-state index contributed by atoms with van der Waals surface area (Å²) in [6, 6.07) is 5.78. The molecule has 2 nitrogen and oxygen atoms in total. The summed E-state index contributed by atoms with van der Waals surface area (Å²) in [5.41, 5.74) is 1.18. The molecule has 0 aliphatic carbocycles. The molecule has 0 aliphatic heterocycles. The maximum atomic E-state index is 6.00. The third-order valence-electron chi connectivity index (χ3n) is 2.57. The minimum absolute atomic E-state index is 0.448. The monoisotopic (exact) mass is 227 g/mol. The van der Waals surface area contributed by atoms with E-state index in [1.54, 1.807) is 7.11 Å². The molecule has 0 aromatic heterocycles. The maximum Gasteiger partial charge on any atom is 0.122 e. The van der Waals surface area contributed by atoms with E-state index in [-0.39, 0.29) is 0 Å². The number of hydrogen-bond donors (Lipinski definition) is 1. The molecule has 0 bridgehead atoms. The first-order valence-electron chi connectivity index (χ1n) is 5.21. The van der Waals surface area contributed by atoms with E-state index in [2.05, 4.69) is 12.2 Å². The largest absolute Gasteiger partial charge is 0.496 e. The van der Waals surface area contributed by atoms with Gasteiger partial charge in [-0.2, -0.15) is 0 Å². The molecule has 0 heterocycles. The summed E-state index contributed by atoms with van der Waals surface area (Å²) in [5, 5.41) is 3.95. The molecule has 0 saturated heterocycles. The topological polar surface area (TPSA) is 21.3 Å². The Morgan fingerprint density at radius 3 is 2.73 bits per heavy atom. The number of hydrogen-bond acceptors (Lipinski definition) is 2. The van der Waals surface area contributed by atoms with Crippen molar-refractivity contribution in [3.8, 4) is 5.75 Å². The Kier molecular flexibility index (Phi) is 4.92. The van der Waals surface area contributed by atoms with Gasteiger partial charge in [-0.3, -0.25) is 0 Å². The lowest BCUT2D eigenvalue weighted by Crippen LogP contribution is -2.17. The van der Waals surface area contributed by atoms with Crippen molar-refractivity contribution in [2.45, 2.75) is 19.3 Å². The Hall–Kier alpha value is -0.730. The van der Waals surface area contributed by atoms with Crippen molar-refractivity contribution in [2.75, 3.05) is 20.7 Å². The van der Waals surface area contributed by atoms with Crippen LogP contribution in [0, 0.1) is 0 Å². The van der Waals surface area contributed by atoms with E-state index in [0.29, 0.717) is 5.92 Å². The molecule has 0 amide bonds. The fraction of sp³-hybridized carbons (Fsp3) is 0.500. The average Bonchev–Trinajstić information content (AvgIpc) is 2.26. The molecular weight excluding hydrogens is 210 g/mol. The Morgan fingerprint density at radius 2 is 2.20 bits per heavy atom. The number of nitrogens with one attached hydrogen (secondary N) is 1. The number of methoxy groups -OCH3 is 1. The van der Waals surface area contributed by atoms with Crippen LogP contribution in [0.3, 0.4) is 0 Å². The summed E-state index contributed by atoms with van der Waals surface area (Å²) < 4.78 is 5.34. The van der Waals surface area contributed by atoms with Gasteiger partial charge in [-0.1, -0.05) is 18.5 Å². The van der Waals surface area contributed by atoms with Crippen LogP contribution in [0.15, 0.2) is 18.2 Å². The molecule has 84 valence electrons. The summed E-state index contributed by atoms with van der Waals surface area (Å²) >= 11 is 6.00. The summed E-state index contributed by atoms with van der Waals surface area (Å²) in [4.78, 5) is 0. The highest BCUT2D eigenvalue weighted by Gasteiger charge is 2.13. The SMILES string of the molecule is CCC(CNC)c1cc(Cl)ccc1OC. The number of halogens is 1. The molecule has 0 spiro atoms. The molecule has 0 fully saturated rings. The quantitative estimate of drug-likeness (QED) is 0.835. The van der Waals surface area contributed by atoms with Gasteiger partial charge in [-0.15, -0.1) is 0 Å². The Bertz CT molecular complexity index is 314. The van der Waals surface area contributed by atoms with E-state index in [1.165, 1.54) is 5.56 Å². The lowest BCUT2D eigenvalue weighted by molar-refractivity contribution is 0.403. The van der Waals surface area contributed by atoms with Crippen LogP contribution >= 0.6 is 11.6 Å². The zero-order valence-corrected chi connectivity index (χ0v) is 10.3. The molecule has 1 atom stereocenters. The fourth-order valence-electron chi connectivity index (χ4n) is 1.74. The van der Waals surface area contributed by atoms with Crippen LogP contribution in [0.2, 0.25) is 5.02 Å². The fourth-order valence-corrected chi connectivity index (χ4v) is 1.93. The first-order valence-corrected chi connectivity index (χ1v) is 5.58. The molecule has 0 radical (unpaired) electrons. The van der Waals surface area contributed by atoms with Gasteiger partial charge < -0.3 is 10.1 Å². The second-order valence-corrected chi connectivity index (χ2v) is 3.99. The van der Waals surface area contributed by atoms with Gasteiger partial charge >= 0.3 is 0 Å². The molecule has 1 unspecified atom stereocenters. The number of ether oxygens (including phenoxy) is 1. The van der Waals surface area contributed by atoms with E-state index in [9.17, 15) is 0 Å². The molecule has 0 saturated carbocycles. The van der Waals surface area contributed by atoms with E-state index in [0.717, 1.165) is 23.7 Å². The highest BCUT2D eigenvalue weighted by molar-refractivity contribution is 6.30. The van der Waals surface area contributed by atoms with Gasteiger partial charge in [0, 0.05) is 11.6 Å². The molecule has 15 heavy (non-hydrogen) atoms. The second kappa shape index (κ2) is 5.99. The van der Waals surface area contributed by atoms with Crippen molar-refractivity contribution in [1.82, 2.24) is 5.32 Å². The van der Waals surface area contributed by atoms with Crippen molar-refractivity contribution in [3.05, 3.63) is 28.8 Å². The van der Waals surface area contributed by atoms with Gasteiger partial charge in [-0.25, -0.2) is 0 Å². The molecular formula is C12H18ClNO. The molecule has 3 heteroatoms. The van der Waals surface area contributed by atoms with E-state index >= 15 is 0 Å². The van der Waals surface area contributed by atoms with Crippen LogP contribution in [0.4, 0.5) is 0 Å². The van der Waals surface area contributed by atoms with Crippen molar-refractivity contribution in [3.63, 3.8) is 0 Å². The van der Waals surface area contributed by atoms with Gasteiger partial charge in [0.2, 0.25) is 0 Å². The van der Waals surface area contributed by atoms with E-state index < -0.39 is 0 Å². The van der Waals surface area contributed by atoms with Crippen LogP contribution in [0.25, 0.3) is 0 Å². The number of benzene rings is 1. The predicted molar refractivity (Wildman–Crippen MR) is 65.0 cm³/mol. The standard InChI is InChI=1S/C12H18ClNO/c1-4-9(8-14-2)11-7-10(13)5-6-12(11)15-3/h5-7,9,14H,4,8H2,1-3H3. The van der Waals surface area contributed by atoms with Crippen LogP contribution in [-0.2, 0) is 0 Å². The molecule has 1 rings (SSSR count). The normalized spacial score (nSPS) is 12.5. The number of rotatable bonds is 5. The van der Waals surface area contributed by atoms with Gasteiger partial charge in [0.25, 0.3) is 0 Å². The third-order valence-corrected chi connectivity index (χ3v) is 2.81. The van der Waals surface area contributed by atoms with Crippen molar-refractivity contribution in [1.29, 1.82) is 0 Å².